The van der Waals surface area contributed by atoms with Crippen LogP contribution in [0.1, 0.15) is 149 Å². The average molecular weight is 1190 g/mol. The van der Waals surface area contributed by atoms with Crippen molar-refractivity contribution >= 4 is 29.2 Å². The minimum Gasteiger partial charge on any atom is -0.468 e. The molecule has 0 bridgehead atoms. The van der Waals surface area contributed by atoms with E-state index in [9.17, 15) is 71.9 Å². The third-order valence-electron chi connectivity index (χ3n) is 16.1. The monoisotopic (exact) mass is 1190 g/mol. The molecule has 1 amide bonds. The Morgan fingerprint density at radius 3 is 1.64 bits per heavy atom. The summed E-state index contributed by atoms with van der Waals surface area (Å²) in [5, 5.41) is 11.1. The molecular formula is C58H56F12N8O6. The van der Waals surface area contributed by atoms with Crippen LogP contribution in [0.25, 0.3) is 16.7 Å². The molecule has 0 unspecified atom stereocenters. The first-order valence-corrected chi connectivity index (χ1v) is 26.9. The molecule has 0 saturated heterocycles. The first-order valence-electron chi connectivity index (χ1n) is 26.9. The number of amides is 1. The highest BCUT2D eigenvalue weighted by Crippen LogP contribution is 2.59. The number of nitrogens with two attached hydrogens (primary N) is 1. The van der Waals surface area contributed by atoms with Gasteiger partial charge >= 0.3 is 30.5 Å². The summed E-state index contributed by atoms with van der Waals surface area (Å²) < 4.78 is 176. The molecule has 2 saturated carbocycles. The highest BCUT2D eigenvalue weighted by atomic mass is 19.4. The molecule has 6 aromatic rings. The van der Waals surface area contributed by atoms with Crippen LogP contribution in [0.3, 0.4) is 0 Å². The maximum atomic E-state index is 14.3. The highest BCUT2D eigenvalue weighted by molar-refractivity contribution is 5.94. The van der Waals surface area contributed by atoms with Crippen LogP contribution in [0.15, 0.2) is 61.3 Å². The first-order chi connectivity index (χ1) is 39.6. The van der Waals surface area contributed by atoms with Crippen molar-refractivity contribution in [1.82, 2.24) is 34.3 Å². The van der Waals surface area contributed by atoms with Gasteiger partial charge in [-0.25, -0.2) is 13.2 Å². The summed E-state index contributed by atoms with van der Waals surface area (Å²) in [7, 11) is 2.40. The molecule has 0 aliphatic heterocycles. The van der Waals surface area contributed by atoms with E-state index in [1.165, 1.54) is 37.2 Å². The fraction of sp³-hybridized carbons (Fsp3) is 0.448. The van der Waals surface area contributed by atoms with Crippen LogP contribution in [0.5, 0.6) is 0 Å². The van der Waals surface area contributed by atoms with Gasteiger partial charge in [-0.1, -0.05) is 18.7 Å². The number of pyridine rings is 1. The van der Waals surface area contributed by atoms with Crippen LogP contribution in [0.2, 0.25) is 0 Å². The van der Waals surface area contributed by atoms with Gasteiger partial charge in [0.2, 0.25) is 0 Å². The van der Waals surface area contributed by atoms with Crippen molar-refractivity contribution in [3.05, 3.63) is 146 Å². The summed E-state index contributed by atoms with van der Waals surface area (Å²) in [6, 6.07) is 9.92. The molecular weight excluding hydrogens is 1130 g/mol. The number of benzene rings is 2. The van der Waals surface area contributed by atoms with Crippen LogP contribution < -0.4 is 5.73 Å². The second-order valence-corrected chi connectivity index (χ2v) is 21.8. The topological polar surface area (TPSA) is 179 Å². The van der Waals surface area contributed by atoms with Crippen molar-refractivity contribution in [2.45, 2.75) is 151 Å². The van der Waals surface area contributed by atoms with E-state index in [-0.39, 0.29) is 53.6 Å². The number of aromatic nitrogens is 7. The number of halogens is 12. The second kappa shape index (κ2) is 23.3. The molecule has 2 aromatic carbocycles. The summed E-state index contributed by atoms with van der Waals surface area (Å²) in [5.74, 6) is -5.94. The third-order valence-corrected chi connectivity index (χ3v) is 16.1. The second-order valence-electron chi connectivity index (χ2n) is 21.8. The number of ketones is 1. The zero-order chi connectivity index (χ0) is 60.8. The van der Waals surface area contributed by atoms with E-state index in [1.54, 1.807) is 12.1 Å². The normalized spacial score (nSPS) is 16.7. The number of esters is 2. The molecule has 2 fully saturated rings. The van der Waals surface area contributed by atoms with Crippen molar-refractivity contribution < 1.29 is 81.3 Å². The summed E-state index contributed by atoms with van der Waals surface area (Å²) >= 11 is 0. The van der Waals surface area contributed by atoms with Gasteiger partial charge < -0.3 is 15.2 Å². The number of carbonyl (C=O) groups excluding carboxylic acids is 4. The van der Waals surface area contributed by atoms with Crippen molar-refractivity contribution in [2.24, 2.45) is 5.73 Å². The summed E-state index contributed by atoms with van der Waals surface area (Å²) in [6.07, 6.45) is -4.12. The lowest BCUT2D eigenvalue weighted by molar-refractivity contribution is -0.144. The van der Waals surface area contributed by atoms with Crippen molar-refractivity contribution in [3.63, 3.8) is 0 Å². The lowest BCUT2D eigenvalue weighted by Gasteiger charge is -2.24. The van der Waals surface area contributed by atoms with Crippen molar-refractivity contribution in [2.75, 3.05) is 14.2 Å². The van der Waals surface area contributed by atoms with Crippen LogP contribution >= 0.6 is 0 Å². The Hall–Kier alpha value is -7.80. The minimum atomic E-state index is -4.67. The summed E-state index contributed by atoms with van der Waals surface area (Å²) in [4.78, 5) is 52.5. The molecule has 84 heavy (non-hydrogen) atoms. The molecule has 2 spiro atoms. The number of alkyl halides is 9. The molecule has 2 N–H and O–H groups in total. The van der Waals surface area contributed by atoms with Crippen LogP contribution in [-0.4, -0.2) is 72.2 Å². The van der Waals surface area contributed by atoms with E-state index in [0.29, 0.717) is 109 Å². The van der Waals surface area contributed by atoms with E-state index in [0.717, 1.165) is 53.2 Å². The molecule has 0 radical (unpaired) electrons. The number of ether oxygens (including phenoxy) is 2. The number of primary amides is 1. The van der Waals surface area contributed by atoms with Gasteiger partial charge in [0, 0.05) is 63.9 Å². The van der Waals surface area contributed by atoms with Gasteiger partial charge in [-0.2, -0.15) is 54.8 Å². The Morgan fingerprint density at radius 1 is 0.643 bits per heavy atom. The van der Waals surface area contributed by atoms with Gasteiger partial charge in [-0.15, -0.1) is 0 Å². The lowest BCUT2D eigenvalue weighted by atomic mass is 9.82. The van der Waals surface area contributed by atoms with Gasteiger partial charge in [-0.3, -0.25) is 38.2 Å². The van der Waals surface area contributed by atoms with Crippen LogP contribution in [-0.2, 0) is 98.5 Å². The molecule has 26 heteroatoms. The molecule has 5 aliphatic rings. The van der Waals surface area contributed by atoms with E-state index in [1.807, 2.05) is 0 Å². The molecule has 14 nitrogen and oxygen atoms in total. The molecule has 1 atom stereocenters. The van der Waals surface area contributed by atoms with E-state index < -0.39 is 94.6 Å². The van der Waals surface area contributed by atoms with Crippen LogP contribution in [0.4, 0.5) is 52.7 Å². The van der Waals surface area contributed by atoms with Gasteiger partial charge in [0.1, 0.15) is 30.5 Å². The van der Waals surface area contributed by atoms with E-state index in [2.05, 4.69) is 36.3 Å². The SMILES string of the molecule is C=C1CCCc2c1c(C(F)(F)F)nn2CC(=O)OC.COC(=O)Cn1nc(C(F)(F)F)c2c1CCCC21CC1.NC(=O)c1cc(-c2cccnc2[C@@H](CC(=O)Cn2nc(C(F)(F)F)c3c2CCCC32CC2)Cc2cc(F)cc(F)c2)ccc1F. The molecule has 4 heterocycles. The van der Waals surface area contributed by atoms with Gasteiger partial charge in [0.05, 0.1) is 32.0 Å². The van der Waals surface area contributed by atoms with Gasteiger partial charge in [0.15, 0.2) is 22.9 Å². The number of nitrogens with zero attached hydrogens (tertiary/aromatic N) is 7. The predicted octanol–water partition coefficient (Wildman–Crippen LogP) is 11.7. The standard InChI is InChI=1S/C33H28F6N4O2.C13H15F3N2O2.C12H13F3N2O2/c34-21-12-18(13-22(35)16-21)11-20(29-24(3-2-10-41-29)19-5-6-26(36)25(15-19)31(40)45)14-23(44)17-43-27-4-1-7-32(8-9-32)28(27)30(42-43)33(37,38)39;1-20-9(19)7-18-8-3-2-4-12(5-6-12)10(8)11(17-18)13(14,15)16;1-7-4-3-5-8-10(7)11(12(13,14)15)16-17(8)6-9(18)19-2/h2-3,5-6,10,12-13,15-16,20H,1,4,7-9,11,14,17H2,(H2,40,45);2-7H2,1H3;1,3-6H2,2H3/t20-;;/m1../s1. The maximum absolute atomic E-state index is 14.3. The Balaban J connectivity index is 0.000000178. The Kier molecular flexibility index (Phi) is 16.9. The maximum Gasteiger partial charge on any atom is 0.435 e. The zero-order valence-electron chi connectivity index (χ0n) is 45.4. The fourth-order valence-corrected chi connectivity index (χ4v) is 12.1. The van der Waals surface area contributed by atoms with E-state index in [4.69, 9.17) is 5.73 Å². The Morgan fingerprint density at radius 2 is 1.14 bits per heavy atom. The average Bonchev–Trinajstić information content (AvgIpc) is 2.21. The van der Waals surface area contributed by atoms with E-state index >= 15 is 0 Å². The molecule has 4 aromatic heterocycles. The number of fused-ring (bicyclic) bond motifs is 5. The predicted molar refractivity (Wildman–Crippen MR) is 276 cm³/mol. The number of rotatable bonds is 13. The first kappa shape index (κ1) is 60.8. The van der Waals surface area contributed by atoms with Gasteiger partial charge in [0.25, 0.3) is 5.91 Å². The number of methoxy groups -OCH3 is 2. The number of carbonyl (C=O) groups is 4. The number of hydrogen-bond donors (Lipinski definition) is 1. The highest BCUT2D eigenvalue weighted by Gasteiger charge is 2.56. The Labute approximate surface area is 472 Å². The summed E-state index contributed by atoms with van der Waals surface area (Å²) in [5.41, 5.74) is 5.10. The van der Waals surface area contributed by atoms with Crippen molar-refractivity contribution in [1.29, 1.82) is 0 Å². The quantitative estimate of drug-likeness (QED) is 0.0864. The zero-order valence-corrected chi connectivity index (χ0v) is 45.4. The largest absolute Gasteiger partial charge is 0.468 e. The molecule has 448 valence electrons. The number of hydrogen-bond acceptors (Lipinski definition) is 10. The fourth-order valence-electron chi connectivity index (χ4n) is 12.1. The summed E-state index contributed by atoms with van der Waals surface area (Å²) in [6.45, 7) is 2.67. The third kappa shape index (κ3) is 12.8. The number of Topliss-reactive ketones (excluding diaryl/α,β-unsaturated/α-hetero) is 1. The smallest absolute Gasteiger partial charge is 0.435 e. The molecule has 5 aliphatic carbocycles. The lowest BCUT2D eigenvalue weighted by Crippen LogP contribution is -2.22. The van der Waals surface area contributed by atoms with Crippen LogP contribution in [0, 0.1) is 17.5 Å². The molecule has 11 rings (SSSR count). The Bertz CT molecular complexity index is 3530. The minimum absolute atomic E-state index is 0.0441. The van der Waals surface area contributed by atoms with Gasteiger partial charge in [-0.05, 0) is 148 Å². The van der Waals surface area contributed by atoms with Crippen molar-refractivity contribution in [3.8, 4) is 11.1 Å². The number of allylic oxidation sites excluding steroid dienone is 1.